The molecule has 104 valence electrons. The molecule has 6 heteroatoms. The molecular weight excluding hydrogens is 260 g/mol. The van der Waals surface area contributed by atoms with Gasteiger partial charge < -0.3 is 9.88 Å². The molecule has 1 aromatic carbocycles. The summed E-state index contributed by atoms with van der Waals surface area (Å²) in [6, 6.07) is 0. The van der Waals surface area contributed by atoms with Gasteiger partial charge in [-0.2, -0.15) is 0 Å². The lowest BCUT2D eigenvalue weighted by Gasteiger charge is -2.08. The first kappa shape index (κ1) is 13.9. The van der Waals surface area contributed by atoms with Crippen molar-refractivity contribution in [3.63, 3.8) is 0 Å². The number of aromatic nitrogens is 1. The summed E-state index contributed by atoms with van der Waals surface area (Å²) >= 11 is 0. The van der Waals surface area contributed by atoms with Gasteiger partial charge in [0.15, 0.2) is 23.3 Å². The van der Waals surface area contributed by atoms with Crippen LogP contribution >= 0.6 is 0 Å². The van der Waals surface area contributed by atoms with E-state index in [-0.39, 0.29) is 10.9 Å². The highest BCUT2D eigenvalue weighted by Crippen LogP contribution is 2.29. The minimum Gasteiger partial charge on any atom is -0.358 e. The van der Waals surface area contributed by atoms with Crippen molar-refractivity contribution in [3.8, 4) is 0 Å². The number of rotatable bonds is 4. The Kier molecular flexibility index (Phi) is 3.80. The topological polar surface area (TPSA) is 19.0 Å². The first-order chi connectivity index (χ1) is 8.93. The predicted molar refractivity (Wildman–Crippen MR) is 65.0 cm³/mol. The molecule has 0 amide bonds. The van der Waals surface area contributed by atoms with Crippen LogP contribution in [0.3, 0.4) is 0 Å². The summed E-state index contributed by atoms with van der Waals surface area (Å²) in [5.41, 5.74) is 0.128. The van der Waals surface area contributed by atoms with Gasteiger partial charge in [-0.3, -0.25) is 0 Å². The van der Waals surface area contributed by atoms with E-state index >= 15 is 0 Å². The Labute approximate surface area is 108 Å². The molecule has 1 aromatic heterocycles. The highest BCUT2D eigenvalue weighted by Gasteiger charge is 2.23. The summed E-state index contributed by atoms with van der Waals surface area (Å²) in [4.78, 5) is 4.42. The van der Waals surface area contributed by atoms with E-state index < -0.39 is 23.3 Å². The van der Waals surface area contributed by atoms with Crippen molar-refractivity contribution in [1.29, 1.82) is 0 Å². The fourth-order valence-electron chi connectivity index (χ4n) is 2.08. The van der Waals surface area contributed by atoms with Crippen LogP contribution in [0.4, 0.5) is 17.6 Å². The number of hydrogen-bond acceptors (Lipinski definition) is 1. The van der Waals surface area contributed by atoms with Crippen LogP contribution in [0.15, 0.2) is 6.20 Å². The molecule has 0 saturated heterocycles. The Hall–Kier alpha value is -1.56. The van der Waals surface area contributed by atoms with E-state index in [0.717, 1.165) is 6.54 Å². The maximum atomic E-state index is 13.7. The minimum atomic E-state index is -1.79. The lowest BCUT2D eigenvalue weighted by atomic mass is 10.1. The molecule has 0 aliphatic heterocycles. The largest absolute Gasteiger partial charge is 0.358 e. The van der Waals surface area contributed by atoms with Gasteiger partial charge in [-0.05, 0) is 39.0 Å². The van der Waals surface area contributed by atoms with Crippen LogP contribution in [-0.4, -0.2) is 30.5 Å². The molecule has 0 unspecified atom stereocenters. The van der Waals surface area contributed by atoms with Crippen molar-refractivity contribution < 1.29 is 17.6 Å². The van der Waals surface area contributed by atoms with Gasteiger partial charge in [0.2, 0.25) is 0 Å². The average Bonchev–Trinajstić information content (AvgIpc) is 2.77. The molecule has 0 saturated carbocycles. The van der Waals surface area contributed by atoms with Crippen LogP contribution in [0.2, 0.25) is 0 Å². The monoisotopic (exact) mass is 274 g/mol. The van der Waals surface area contributed by atoms with Crippen LogP contribution in [0, 0.1) is 23.3 Å². The summed E-state index contributed by atoms with van der Waals surface area (Å²) < 4.78 is 53.5. The summed E-state index contributed by atoms with van der Waals surface area (Å²) in [6.45, 7) is 0.764. The second-order valence-electron chi connectivity index (χ2n) is 4.73. The molecule has 1 N–H and O–H groups in total. The normalized spacial score (nSPS) is 11.7. The Morgan fingerprint density at radius 2 is 1.63 bits per heavy atom. The molecule has 19 heavy (non-hydrogen) atoms. The highest BCUT2D eigenvalue weighted by atomic mass is 19.2. The summed E-state index contributed by atoms with van der Waals surface area (Å²) in [7, 11) is 3.79. The quantitative estimate of drug-likeness (QED) is 0.515. The van der Waals surface area contributed by atoms with E-state index in [1.807, 2.05) is 19.0 Å². The van der Waals surface area contributed by atoms with E-state index in [2.05, 4.69) is 4.98 Å². The molecule has 0 bridgehead atoms. The lowest BCUT2D eigenvalue weighted by molar-refractivity contribution is 0.400. The molecule has 0 aliphatic rings. The maximum absolute atomic E-state index is 13.7. The van der Waals surface area contributed by atoms with E-state index in [0.29, 0.717) is 18.4 Å². The maximum Gasteiger partial charge on any atom is 0.199 e. The summed E-state index contributed by atoms with van der Waals surface area (Å²) in [6.07, 6.45) is 2.56. The number of halogens is 4. The van der Waals surface area contributed by atoms with Gasteiger partial charge in [0.05, 0.1) is 5.52 Å². The smallest absolute Gasteiger partial charge is 0.199 e. The molecule has 2 aromatic rings. The van der Waals surface area contributed by atoms with E-state index in [1.165, 1.54) is 6.20 Å². The van der Waals surface area contributed by atoms with Crippen LogP contribution in [0.5, 0.6) is 0 Å². The average molecular weight is 274 g/mol. The van der Waals surface area contributed by atoms with Crippen molar-refractivity contribution in [2.45, 2.75) is 12.8 Å². The lowest BCUT2D eigenvalue weighted by Crippen LogP contribution is -2.13. The van der Waals surface area contributed by atoms with E-state index in [9.17, 15) is 17.6 Å². The third-order valence-electron chi connectivity index (χ3n) is 3.03. The van der Waals surface area contributed by atoms with Gasteiger partial charge >= 0.3 is 0 Å². The van der Waals surface area contributed by atoms with Crippen LogP contribution in [-0.2, 0) is 6.42 Å². The Morgan fingerprint density at radius 1 is 1.00 bits per heavy atom. The van der Waals surface area contributed by atoms with Gasteiger partial charge in [0.25, 0.3) is 0 Å². The molecule has 0 fully saturated rings. The standard InChI is InChI=1S/C13H14F4N2/c1-19(2)5-3-4-7-6-18-13-8(7)9(14)10(15)11(16)12(13)17/h6,18H,3-5H2,1-2H3. The van der Waals surface area contributed by atoms with Crippen molar-refractivity contribution >= 4 is 10.9 Å². The van der Waals surface area contributed by atoms with E-state index in [1.54, 1.807) is 0 Å². The zero-order valence-corrected chi connectivity index (χ0v) is 10.7. The number of aryl methyl sites for hydroxylation is 1. The zero-order valence-electron chi connectivity index (χ0n) is 10.7. The molecule has 1 heterocycles. The first-order valence-electron chi connectivity index (χ1n) is 5.90. The number of hydrogen-bond donors (Lipinski definition) is 1. The molecule has 0 atom stereocenters. The second kappa shape index (κ2) is 5.21. The zero-order chi connectivity index (χ0) is 14.2. The van der Waals surface area contributed by atoms with Crippen LogP contribution < -0.4 is 0 Å². The van der Waals surface area contributed by atoms with Gasteiger partial charge in [-0.1, -0.05) is 0 Å². The van der Waals surface area contributed by atoms with Crippen LogP contribution in [0.1, 0.15) is 12.0 Å². The van der Waals surface area contributed by atoms with Gasteiger partial charge in [0.1, 0.15) is 0 Å². The fourth-order valence-corrected chi connectivity index (χ4v) is 2.08. The van der Waals surface area contributed by atoms with Crippen molar-refractivity contribution in [1.82, 2.24) is 9.88 Å². The van der Waals surface area contributed by atoms with Crippen molar-refractivity contribution in [2.75, 3.05) is 20.6 Å². The number of nitrogens with one attached hydrogen (secondary N) is 1. The SMILES string of the molecule is CN(C)CCCc1c[nH]c2c(F)c(F)c(F)c(F)c12. The Balaban J connectivity index is 2.42. The van der Waals surface area contributed by atoms with E-state index in [4.69, 9.17) is 0 Å². The number of benzene rings is 1. The second-order valence-corrected chi connectivity index (χ2v) is 4.73. The predicted octanol–water partition coefficient (Wildman–Crippen LogP) is 3.22. The molecular formula is C13H14F4N2. The minimum absolute atomic E-state index is 0.199. The van der Waals surface area contributed by atoms with Gasteiger partial charge in [-0.15, -0.1) is 0 Å². The highest BCUT2D eigenvalue weighted by molar-refractivity contribution is 5.84. The molecule has 2 rings (SSSR count). The fraction of sp³-hybridized carbons (Fsp3) is 0.385. The number of nitrogens with zero attached hydrogens (tertiary/aromatic N) is 1. The molecule has 0 spiro atoms. The number of aromatic amines is 1. The Morgan fingerprint density at radius 3 is 2.26 bits per heavy atom. The van der Waals surface area contributed by atoms with Gasteiger partial charge in [0, 0.05) is 11.6 Å². The summed E-state index contributed by atoms with van der Waals surface area (Å²) in [5, 5.41) is -0.199. The Bertz CT molecular complexity index is 604. The number of H-pyrrole nitrogens is 1. The van der Waals surface area contributed by atoms with Crippen molar-refractivity contribution in [2.24, 2.45) is 0 Å². The van der Waals surface area contributed by atoms with Crippen LogP contribution in [0.25, 0.3) is 10.9 Å². The molecule has 0 radical (unpaired) electrons. The number of fused-ring (bicyclic) bond motifs is 1. The molecule has 2 nitrogen and oxygen atoms in total. The first-order valence-corrected chi connectivity index (χ1v) is 5.90. The third-order valence-corrected chi connectivity index (χ3v) is 3.03. The summed E-state index contributed by atoms with van der Waals surface area (Å²) in [5.74, 6) is -6.27. The third kappa shape index (κ3) is 2.45. The van der Waals surface area contributed by atoms with Gasteiger partial charge in [-0.25, -0.2) is 17.6 Å². The van der Waals surface area contributed by atoms with Crippen molar-refractivity contribution in [3.05, 3.63) is 35.0 Å². The molecule has 0 aliphatic carbocycles.